The fraction of sp³-hybridized carbons (Fsp3) is 0.268. The largest absolute Gasteiger partial charge is 0.312 e. The van der Waals surface area contributed by atoms with Gasteiger partial charge < -0.3 is 9.13 Å². The molecule has 2 aromatic carbocycles. The van der Waals surface area contributed by atoms with Gasteiger partial charge in [-0.3, -0.25) is 24.5 Å². The maximum Gasteiger partial charge on any atom is 0.265 e. The number of fused-ring (bicyclic) bond motifs is 2. The van der Waals surface area contributed by atoms with Gasteiger partial charge in [-0.05, 0) is 100 Å². The van der Waals surface area contributed by atoms with Crippen LogP contribution in [0.1, 0.15) is 86.5 Å². The standard InChI is InChI=1S/C23H22F2N4O.C18H12BrF2N3O/c1-15-21(20(30)14-28-9-3-2-4-10-28)22-19(11-17(13-27-22)23(24)25)29(15)18-7-5-16(12-26)6-8-18;1-10-16(15(25)7-19)17-14(6-12(9-23-17)18(20)21)24(10)13-4-2-11(8-22)3-5-13/h5-8,11,13,23H,2-4,9-10,14H2,1H3;2-6,9,18H,7H2,1H3. The number of carbonyl (C=O) groups excluding carboxylic acids is 2. The number of aromatic nitrogens is 4. The number of piperidine rings is 1. The number of rotatable bonds is 9. The maximum absolute atomic E-state index is 13.3. The van der Waals surface area contributed by atoms with E-state index in [1.54, 1.807) is 64.6 Å². The first-order chi connectivity index (χ1) is 26.5. The van der Waals surface area contributed by atoms with Crippen molar-refractivity contribution in [2.45, 2.75) is 46.0 Å². The number of carbonyl (C=O) groups is 2. The second-order valence-corrected chi connectivity index (χ2v) is 13.7. The quantitative estimate of drug-likeness (QED) is 0.0810. The fourth-order valence-electron chi connectivity index (χ4n) is 7.00. The summed E-state index contributed by atoms with van der Waals surface area (Å²) in [7, 11) is 0. The molecule has 1 aliphatic rings. The van der Waals surface area contributed by atoms with Crippen LogP contribution in [0.4, 0.5) is 17.6 Å². The minimum absolute atomic E-state index is 0.0518. The molecule has 1 aliphatic heterocycles. The molecule has 0 aliphatic carbocycles. The van der Waals surface area contributed by atoms with Crippen molar-refractivity contribution < 1.29 is 27.2 Å². The first kappa shape index (κ1) is 39.0. The Labute approximate surface area is 322 Å². The number of halogens is 5. The molecule has 4 aromatic heterocycles. The van der Waals surface area contributed by atoms with E-state index in [-0.39, 0.29) is 28.0 Å². The molecule has 14 heteroatoms. The van der Waals surface area contributed by atoms with Gasteiger partial charge >= 0.3 is 0 Å². The number of pyridine rings is 2. The molecule has 0 spiro atoms. The Morgan fingerprint density at radius 2 is 1.13 bits per heavy atom. The third-order valence-electron chi connectivity index (χ3n) is 9.64. The Balaban J connectivity index is 0.000000190. The van der Waals surface area contributed by atoms with Crippen molar-refractivity contribution in [1.82, 2.24) is 24.0 Å². The molecular weight excluding hydrogens is 778 g/mol. The van der Waals surface area contributed by atoms with E-state index in [1.807, 2.05) is 13.0 Å². The molecule has 1 fully saturated rings. The van der Waals surface area contributed by atoms with E-state index < -0.39 is 12.9 Å². The molecule has 5 heterocycles. The summed E-state index contributed by atoms with van der Waals surface area (Å²) in [5.74, 6) is -0.226. The summed E-state index contributed by atoms with van der Waals surface area (Å²) in [6, 6.07) is 20.4. The molecular formula is C41H34BrF4N7O2. The summed E-state index contributed by atoms with van der Waals surface area (Å²) in [4.78, 5) is 36.1. The van der Waals surface area contributed by atoms with E-state index >= 15 is 0 Å². The van der Waals surface area contributed by atoms with Crippen molar-refractivity contribution >= 4 is 49.6 Å². The average molecular weight is 813 g/mol. The van der Waals surface area contributed by atoms with Gasteiger partial charge in [0.25, 0.3) is 12.9 Å². The minimum Gasteiger partial charge on any atom is -0.312 e. The minimum atomic E-state index is -2.66. The van der Waals surface area contributed by atoms with Crippen LogP contribution in [0, 0.1) is 36.5 Å². The molecule has 0 unspecified atom stereocenters. The van der Waals surface area contributed by atoms with Crippen molar-refractivity contribution in [2.75, 3.05) is 25.0 Å². The highest BCUT2D eigenvalue weighted by Crippen LogP contribution is 2.33. The molecule has 6 aromatic rings. The molecule has 280 valence electrons. The van der Waals surface area contributed by atoms with Crippen LogP contribution in [0.25, 0.3) is 33.4 Å². The summed E-state index contributed by atoms with van der Waals surface area (Å²) < 4.78 is 56.4. The van der Waals surface area contributed by atoms with Crippen LogP contribution in [0.3, 0.4) is 0 Å². The van der Waals surface area contributed by atoms with E-state index in [1.165, 1.54) is 18.6 Å². The lowest BCUT2D eigenvalue weighted by Gasteiger charge is -2.25. The van der Waals surface area contributed by atoms with E-state index in [9.17, 15) is 27.2 Å². The Morgan fingerprint density at radius 1 is 0.709 bits per heavy atom. The predicted octanol–water partition coefficient (Wildman–Crippen LogP) is 9.53. The van der Waals surface area contributed by atoms with Crippen LogP contribution < -0.4 is 0 Å². The van der Waals surface area contributed by atoms with Crippen LogP contribution in [-0.4, -0.2) is 60.5 Å². The van der Waals surface area contributed by atoms with Gasteiger partial charge in [0.2, 0.25) is 0 Å². The van der Waals surface area contributed by atoms with Crippen LogP contribution in [0.5, 0.6) is 0 Å². The van der Waals surface area contributed by atoms with Gasteiger partial charge in [-0.15, -0.1) is 0 Å². The fourth-order valence-corrected chi connectivity index (χ4v) is 7.28. The SMILES string of the molecule is Cc1c(C(=O)CBr)c2ncc(C(F)F)cc2n1-c1ccc(C#N)cc1.Cc1c(C(=O)CN2CCCCC2)c2ncc(C(F)F)cc2n1-c1ccc(C#N)cc1. The summed E-state index contributed by atoms with van der Waals surface area (Å²) in [6.45, 7) is 5.64. The summed E-state index contributed by atoms with van der Waals surface area (Å²) in [5, 5.41) is 18.1. The molecule has 9 nitrogen and oxygen atoms in total. The van der Waals surface area contributed by atoms with Crippen LogP contribution in [0.15, 0.2) is 73.1 Å². The van der Waals surface area contributed by atoms with E-state index in [0.717, 1.165) is 38.3 Å². The van der Waals surface area contributed by atoms with Crippen LogP contribution >= 0.6 is 15.9 Å². The van der Waals surface area contributed by atoms with Gasteiger partial charge in [-0.2, -0.15) is 10.5 Å². The van der Waals surface area contributed by atoms with Gasteiger partial charge in [0.1, 0.15) is 0 Å². The summed E-state index contributed by atoms with van der Waals surface area (Å²) in [6.07, 6.45) is 0.272. The first-order valence-electron chi connectivity index (χ1n) is 17.4. The highest BCUT2D eigenvalue weighted by atomic mass is 79.9. The van der Waals surface area contributed by atoms with Crippen molar-refractivity contribution in [3.05, 3.63) is 118 Å². The Bertz CT molecular complexity index is 2470. The number of hydrogen-bond acceptors (Lipinski definition) is 7. The third kappa shape index (κ3) is 7.93. The van der Waals surface area contributed by atoms with E-state index in [0.29, 0.717) is 73.6 Å². The Kier molecular flexibility index (Phi) is 11.9. The highest BCUT2D eigenvalue weighted by molar-refractivity contribution is 9.09. The number of hydrogen-bond donors (Lipinski definition) is 0. The van der Waals surface area contributed by atoms with E-state index in [4.69, 9.17) is 10.5 Å². The summed E-state index contributed by atoms with van der Waals surface area (Å²) in [5.41, 5.74) is 5.83. The number of alkyl halides is 5. The topological polar surface area (TPSA) is 121 Å². The zero-order valence-electron chi connectivity index (χ0n) is 29.9. The molecule has 0 N–H and O–H groups in total. The number of benzene rings is 2. The Morgan fingerprint density at radius 3 is 1.51 bits per heavy atom. The average Bonchev–Trinajstić information content (AvgIpc) is 3.66. The molecule has 7 rings (SSSR count). The smallest absolute Gasteiger partial charge is 0.265 e. The number of nitriles is 2. The van der Waals surface area contributed by atoms with Gasteiger partial charge in [0, 0.05) is 46.3 Å². The second-order valence-electron chi connectivity index (χ2n) is 13.1. The molecule has 55 heavy (non-hydrogen) atoms. The van der Waals surface area contributed by atoms with Crippen LogP contribution in [-0.2, 0) is 0 Å². The second kappa shape index (κ2) is 16.8. The molecule has 0 amide bonds. The lowest BCUT2D eigenvalue weighted by Crippen LogP contribution is -2.34. The van der Waals surface area contributed by atoms with Gasteiger partial charge in [0.15, 0.2) is 11.6 Å². The van der Waals surface area contributed by atoms with E-state index in [2.05, 4.69) is 36.9 Å². The van der Waals surface area contributed by atoms with Crippen molar-refractivity contribution in [3.8, 4) is 23.5 Å². The van der Waals surface area contributed by atoms with Gasteiger partial charge in [-0.25, -0.2) is 17.6 Å². The van der Waals surface area contributed by atoms with Gasteiger partial charge in [-0.1, -0.05) is 22.4 Å². The monoisotopic (exact) mass is 811 g/mol. The number of Topliss-reactive ketones (excluding diaryl/α,β-unsaturated/α-hetero) is 2. The van der Waals surface area contributed by atoms with Crippen molar-refractivity contribution in [2.24, 2.45) is 0 Å². The lowest BCUT2D eigenvalue weighted by atomic mass is 10.1. The molecule has 0 saturated carbocycles. The maximum atomic E-state index is 13.3. The highest BCUT2D eigenvalue weighted by Gasteiger charge is 2.26. The first-order valence-corrected chi connectivity index (χ1v) is 18.5. The predicted molar refractivity (Wildman–Crippen MR) is 204 cm³/mol. The number of ketones is 2. The molecule has 0 radical (unpaired) electrons. The number of likely N-dealkylation sites (tertiary alicyclic amines) is 1. The Hall–Kier alpha value is -5.70. The third-order valence-corrected chi connectivity index (χ3v) is 10.1. The normalized spacial score (nSPS) is 13.1. The zero-order chi connectivity index (χ0) is 39.4. The van der Waals surface area contributed by atoms with Crippen molar-refractivity contribution in [1.29, 1.82) is 10.5 Å². The van der Waals surface area contributed by atoms with Crippen molar-refractivity contribution in [3.63, 3.8) is 0 Å². The van der Waals surface area contributed by atoms with Crippen LogP contribution in [0.2, 0.25) is 0 Å². The molecule has 0 bridgehead atoms. The zero-order valence-corrected chi connectivity index (χ0v) is 31.5. The number of nitrogens with zero attached hydrogens (tertiary/aromatic N) is 7. The van der Waals surface area contributed by atoms with Gasteiger partial charge in [0.05, 0.1) is 68.3 Å². The molecule has 1 saturated heterocycles. The lowest BCUT2D eigenvalue weighted by molar-refractivity contribution is 0.0915. The summed E-state index contributed by atoms with van der Waals surface area (Å²) >= 11 is 3.15. The molecule has 0 atom stereocenters.